The van der Waals surface area contributed by atoms with Gasteiger partial charge >= 0.3 is 48.9 Å². The number of benzene rings is 3. The molecule has 37 heavy (non-hydrogen) atoms. The number of carbonyl (C=O) groups is 2. The fourth-order valence-electron chi connectivity index (χ4n) is 3.14. The van der Waals surface area contributed by atoms with Gasteiger partial charge in [0, 0.05) is 23.2 Å². The summed E-state index contributed by atoms with van der Waals surface area (Å²) in [6, 6.07) is 30.5. The van der Waals surface area contributed by atoms with Crippen LogP contribution in [0.2, 0.25) is 0 Å². The Morgan fingerprint density at radius 2 is 0.919 bits per heavy atom. The molecule has 0 unspecified atom stereocenters. The second kappa shape index (κ2) is 16.3. The molecule has 0 aliphatic rings. The molecule has 2 aromatic heterocycles. The van der Waals surface area contributed by atoms with Crippen molar-refractivity contribution in [2.45, 2.75) is 0 Å². The van der Waals surface area contributed by atoms with Gasteiger partial charge in [-0.2, -0.15) is 0 Å². The van der Waals surface area contributed by atoms with Crippen molar-refractivity contribution in [1.82, 2.24) is 9.97 Å². The minimum absolute atomic E-state index is 0. The summed E-state index contributed by atoms with van der Waals surface area (Å²) >= 11 is 0. The van der Waals surface area contributed by atoms with Gasteiger partial charge in [0.15, 0.2) is 0 Å². The smallest absolute Gasteiger partial charge is 0.545 e. The molecule has 0 amide bonds. The van der Waals surface area contributed by atoms with E-state index < -0.39 is 11.9 Å². The molecular formula is C30H22BaN2O4. The van der Waals surface area contributed by atoms with E-state index in [-0.39, 0.29) is 48.9 Å². The number of hydrogen-bond donors (Lipinski definition) is 0. The molecule has 0 spiro atoms. The molecule has 0 saturated carbocycles. The number of carbonyl (C=O) groups excluding carboxylic acids is 2. The molecule has 2 heterocycles. The maximum absolute atomic E-state index is 9.97. The maximum Gasteiger partial charge on any atom is 2.00 e. The van der Waals surface area contributed by atoms with Crippen molar-refractivity contribution in [2.24, 2.45) is 0 Å². The zero-order chi connectivity index (χ0) is 25.6. The third-order valence-corrected chi connectivity index (χ3v) is 4.77. The first-order valence-corrected chi connectivity index (χ1v) is 11.0. The van der Waals surface area contributed by atoms with Crippen LogP contribution in [0.15, 0.2) is 122 Å². The van der Waals surface area contributed by atoms with E-state index in [1.54, 1.807) is 12.4 Å². The maximum atomic E-state index is 9.97. The van der Waals surface area contributed by atoms with Gasteiger partial charge in [0.2, 0.25) is 0 Å². The molecule has 0 aliphatic carbocycles. The van der Waals surface area contributed by atoms with Gasteiger partial charge in [-0.05, 0) is 35.4 Å². The second-order valence-electron chi connectivity index (χ2n) is 7.34. The van der Waals surface area contributed by atoms with Crippen LogP contribution in [0, 0.1) is 0 Å². The molecule has 3 aromatic carbocycles. The summed E-state index contributed by atoms with van der Waals surface area (Å²) in [5.74, 6) is -2.34. The zero-order valence-electron chi connectivity index (χ0n) is 19.9. The van der Waals surface area contributed by atoms with Crippen molar-refractivity contribution in [3.63, 3.8) is 0 Å². The van der Waals surface area contributed by atoms with Crippen molar-refractivity contribution < 1.29 is 19.8 Å². The number of hydrogen-bond acceptors (Lipinski definition) is 6. The fraction of sp³-hybridized carbons (Fsp3) is 0. The van der Waals surface area contributed by atoms with Gasteiger partial charge in [-0.3, -0.25) is 9.97 Å². The van der Waals surface area contributed by atoms with E-state index in [0.717, 1.165) is 45.1 Å². The van der Waals surface area contributed by atoms with E-state index >= 15 is 0 Å². The topological polar surface area (TPSA) is 106 Å². The molecule has 0 radical (unpaired) electrons. The minimum Gasteiger partial charge on any atom is -0.545 e. The van der Waals surface area contributed by atoms with Gasteiger partial charge in [-0.25, -0.2) is 0 Å². The van der Waals surface area contributed by atoms with Crippen molar-refractivity contribution >= 4 is 94.8 Å². The zero-order valence-corrected chi connectivity index (χ0v) is 24.4. The summed E-state index contributed by atoms with van der Waals surface area (Å²) < 4.78 is 0. The van der Waals surface area contributed by atoms with Crippen LogP contribution in [0.4, 0.5) is 0 Å². The number of carboxylic acids is 2. The van der Waals surface area contributed by atoms with E-state index in [0.29, 0.717) is 0 Å². The van der Waals surface area contributed by atoms with Crippen molar-refractivity contribution in [3.8, 4) is 0 Å². The first kappa shape index (κ1) is 29.7. The number of fused-ring (bicyclic) bond motifs is 3. The van der Waals surface area contributed by atoms with Crippen molar-refractivity contribution in [1.29, 1.82) is 0 Å². The molecule has 7 heteroatoms. The molecule has 5 aromatic rings. The molecule has 0 bridgehead atoms. The summed E-state index contributed by atoms with van der Waals surface area (Å²) in [6.07, 6.45) is 8.61. The molecule has 0 saturated heterocycles. The van der Waals surface area contributed by atoms with Gasteiger partial charge < -0.3 is 19.8 Å². The molecular weight excluding hydrogens is 590 g/mol. The van der Waals surface area contributed by atoms with Crippen LogP contribution in [-0.4, -0.2) is 70.8 Å². The number of carboxylic acid groups (broad SMARTS) is 2. The van der Waals surface area contributed by atoms with Crippen LogP contribution >= 0.6 is 0 Å². The Kier molecular flexibility index (Phi) is 13.1. The van der Waals surface area contributed by atoms with E-state index in [1.165, 1.54) is 12.2 Å². The Morgan fingerprint density at radius 1 is 0.541 bits per heavy atom. The summed E-state index contributed by atoms with van der Waals surface area (Å²) in [7, 11) is 0. The Labute approximate surface area is 255 Å². The van der Waals surface area contributed by atoms with E-state index in [4.69, 9.17) is 0 Å². The predicted molar refractivity (Wildman–Crippen MR) is 144 cm³/mol. The second-order valence-corrected chi connectivity index (χ2v) is 7.34. The minimum atomic E-state index is -1.17. The average molecular weight is 612 g/mol. The van der Waals surface area contributed by atoms with Crippen LogP contribution in [-0.2, 0) is 9.59 Å². The van der Waals surface area contributed by atoms with E-state index in [1.807, 2.05) is 72.8 Å². The van der Waals surface area contributed by atoms with Crippen LogP contribution < -0.4 is 10.2 Å². The largest absolute Gasteiger partial charge is 2.00 e. The normalized spacial score (nSPS) is 10.2. The Morgan fingerprint density at radius 3 is 1.27 bits per heavy atom. The third-order valence-electron chi connectivity index (χ3n) is 4.77. The average Bonchev–Trinajstić information content (AvgIpc) is 2.92. The van der Waals surface area contributed by atoms with E-state index in [9.17, 15) is 19.8 Å². The quantitative estimate of drug-likeness (QED) is 0.175. The molecule has 5 rings (SSSR count). The molecule has 178 valence electrons. The number of pyridine rings is 2. The van der Waals surface area contributed by atoms with Gasteiger partial charge in [0.05, 0.1) is 23.0 Å². The molecule has 6 nitrogen and oxygen atoms in total. The Bertz CT molecular complexity index is 1370. The number of rotatable bonds is 4. The summed E-state index contributed by atoms with van der Waals surface area (Å²) in [6.45, 7) is 0. The Balaban J connectivity index is 0.000000195. The third kappa shape index (κ3) is 10.5. The molecule has 0 aliphatic heterocycles. The molecule has 0 N–H and O–H groups in total. The van der Waals surface area contributed by atoms with Gasteiger partial charge in [-0.1, -0.05) is 97.1 Å². The van der Waals surface area contributed by atoms with Crippen LogP contribution in [0.25, 0.3) is 34.0 Å². The predicted octanol–water partition coefficient (Wildman–Crippen LogP) is 3.30. The first-order chi connectivity index (χ1) is 17.5. The first-order valence-electron chi connectivity index (χ1n) is 11.0. The van der Waals surface area contributed by atoms with Gasteiger partial charge in [-0.15, -0.1) is 0 Å². The standard InChI is InChI=1S/C12H8N2.2C9H8O2.Ba/c1-3-9-5-6-10-4-2-8-14-12(10)11(9)13-7-1;2*10-9(11)7-6-8-4-2-1-3-5-8;/h1-8H;2*1-7H,(H,10,11);/q;;;+2/p-2/b;2*7-6+;. The van der Waals surface area contributed by atoms with Gasteiger partial charge in [0.25, 0.3) is 0 Å². The number of nitrogens with zero attached hydrogens (tertiary/aromatic N) is 2. The van der Waals surface area contributed by atoms with Crippen LogP contribution in [0.3, 0.4) is 0 Å². The van der Waals surface area contributed by atoms with E-state index in [2.05, 4.69) is 34.2 Å². The Hall–Kier alpha value is -3.53. The SMILES string of the molecule is O=C([O-])/C=C/c1ccccc1.O=C([O-])/C=C/c1ccccc1.[Ba+2].c1cnc2c(c1)ccc1cccnc12. The summed E-state index contributed by atoms with van der Waals surface area (Å²) in [5, 5.41) is 22.2. The fourth-order valence-corrected chi connectivity index (χ4v) is 3.14. The van der Waals surface area contributed by atoms with Gasteiger partial charge in [0.1, 0.15) is 0 Å². The number of aromatic nitrogens is 2. The number of aliphatic carboxylic acids is 2. The van der Waals surface area contributed by atoms with Crippen molar-refractivity contribution in [2.75, 3.05) is 0 Å². The monoisotopic (exact) mass is 612 g/mol. The molecule has 0 fully saturated rings. The van der Waals surface area contributed by atoms with Crippen molar-refractivity contribution in [3.05, 3.63) is 133 Å². The summed E-state index contributed by atoms with van der Waals surface area (Å²) in [5.41, 5.74) is 3.67. The molecule has 0 atom stereocenters. The summed E-state index contributed by atoms with van der Waals surface area (Å²) in [4.78, 5) is 28.6. The van der Waals surface area contributed by atoms with Crippen LogP contribution in [0.1, 0.15) is 11.1 Å². The van der Waals surface area contributed by atoms with Crippen LogP contribution in [0.5, 0.6) is 0 Å².